The van der Waals surface area contributed by atoms with Gasteiger partial charge >= 0.3 is 0 Å². The molecule has 5 nitrogen and oxygen atoms in total. The maximum atomic E-state index is 12.5. The number of hydrogen-bond acceptors (Lipinski definition) is 4. The summed E-state index contributed by atoms with van der Waals surface area (Å²) in [4.78, 5) is 35.5. The van der Waals surface area contributed by atoms with Crippen LogP contribution in [-0.2, 0) is 6.42 Å². The van der Waals surface area contributed by atoms with Gasteiger partial charge in [-0.1, -0.05) is 30.3 Å². The van der Waals surface area contributed by atoms with Crippen molar-refractivity contribution in [3.05, 3.63) is 62.5 Å². The standard InChI is InChI=1S/C18H17N3O2S/c1-11-14-16(22)19-13(10-12-6-3-2-4-7-12)20-17(14)24-15(11)18(23)21-8-5-9-21/h2-4,6-7H,5,8-10H2,1H3,(H,19,20,22). The van der Waals surface area contributed by atoms with Crippen LogP contribution >= 0.6 is 11.3 Å². The molecule has 0 bridgehead atoms. The number of H-pyrrole nitrogens is 1. The number of aryl methyl sites for hydroxylation is 1. The zero-order valence-electron chi connectivity index (χ0n) is 13.3. The Morgan fingerprint density at radius 1 is 1.29 bits per heavy atom. The second-order valence-electron chi connectivity index (χ2n) is 6.06. The molecule has 0 aliphatic carbocycles. The van der Waals surface area contributed by atoms with E-state index >= 15 is 0 Å². The van der Waals surface area contributed by atoms with E-state index in [0.717, 1.165) is 30.6 Å². The van der Waals surface area contributed by atoms with Crippen molar-refractivity contribution in [2.45, 2.75) is 19.8 Å². The van der Waals surface area contributed by atoms with Crippen molar-refractivity contribution >= 4 is 27.5 Å². The van der Waals surface area contributed by atoms with E-state index in [1.807, 2.05) is 42.2 Å². The number of amides is 1. The Balaban J connectivity index is 1.75. The molecule has 0 spiro atoms. The fraction of sp³-hybridized carbons (Fsp3) is 0.278. The number of carbonyl (C=O) groups is 1. The molecule has 4 rings (SSSR count). The molecule has 122 valence electrons. The molecule has 0 unspecified atom stereocenters. The van der Waals surface area contributed by atoms with Gasteiger partial charge in [0.25, 0.3) is 11.5 Å². The highest BCUT2D eigenvalue weighted by Gasteiger charge is 2.26. The molecular weight excluding hydrogens is 322 g/mol. The van der Waals surface area contributed by atoms with E-state index in [-0.39, 0.29) is 11.5 Å². The molecule has 3 aromatic rings. The monoisotopic (exact) mass is 339 g/mol. The summed E-state index contributed by atoms with van der Waals surface area (Å²) in [5.41, 5.74) is 1.67. The molecule has 24 heavy (non-hydrogen) atoms. The van der Waals surface area contributed by atoms with E-state index in [1.165, 1.54) is 11.3 Å². The largest absolute Gasteiger partial charge is 0.338 e. The van der Waals surface area contributed by atoms with Gasteiger partial charge in [0.1, 0.15) is 10.7 Å². The normalized spacial score (nSPS) is 14.0. The lowest BCUT2D eigenvalue weighted by Gasteiger charge is -2.30. The average Bonchev–Trinajstić information content (AvgIpc) is 2.84. The third-order valence-corrected chi connectivity index (χ3v) is 5.58. The molecule has 0 atom stereocenters. The van der Waals surface area contributed by atoms with Crippen LogP contribution < -0.4 is 5.56 Å². The number of likely N-dealkylation sites (tertiary alicyclic amines) is 1. The number of nitrogens with zero attached hydrogens (tertiary/aromatic N) is 2. The van der Waals surface area contributed by atoms with E-state index < -0.39 is 0 Å². The number of nitrogens with one attached hydrogen (secondary N) is 1. The van der Waals surface area contributed by atoms with Crippen LogP contribution in [0.3, 0.4) is 0 Å². The Kier molecular flexibility index (Phi) is 3.69. The fourth-order valence-corrected chi connectivity index (χ4v) is 4.10. The van der Waals surface area contributed by atoms with Gasteiger partial charge in [0, 0.05) is 19.5 Å². The van der Waals surface area contributed by atoms with Gasteiger partial charge in [0.2, 0.25) is 0 Å². The number of benzene rings is 1. The Labute approximate surface area is 143 Å². The third kappa shape index (κ3) is 2.53. The van der Waals surface area contributed by atoms with Gasteiger partial charge in [0.15, 0.2) is 0 Å². The minimum Gasteiger partial charge on any atom is -0.338 e. The summed E-state index contributed by atoms with van der Waals surface area (Å²) in [6.45, 7) is 3.44. The molecule has 3 heterocycles. The molecule has 1 N–H and O–H groups in total. The zero-order chi connectivity index (χ0) is 16.7. The summed E-state index contributed by atoms with van der Waals surface area (Å²) in [7, 11) is 0. The molecule has 1 amide bonds. The summed E-state index contributed by atoms with van der Waals surface area (Å²) in [5.74, 6) is 0.647. The van der Waals surface area contributed by atoms with Gasteiger partial charge in [-0.25, -0.2) is 4.98 Å². The number of aromatic amines is 1. The maximum Gasteiger partial charge on any atom is 0.264 e. The van der Waals surface area contributed by atoms with Crippen LogP contribution in [0.15, 0.2) is 35.1 Å². The van der Waals surface area contributed by atoms with Crippen LogP contribution in [0.1, 0.15) is 33.0 Å². The topological polar surface area (TPSA) is 66.1 Å². The van der Waals surface area contributed by atoms with Crippen molar-refractivity contribution in [2.75, 3.05) is 13.1 Å². The van der Waals surface area contributed by atoms with Crippen molar-refractivity contribution in [1.29, 1.82) is 0 Å². The minimum absolute atomic E-state index is 0.0192. The highest BCUT2D eigenvalue weighted by molar-refractivity contribution is 7.20. The second-order valence-corrected chi connectivity index (χ2v) is 7.06. The van der Waals surface area contributed by atoms with Crippen molar-refractivity contribution in [1.82, 2.24) is 14.9 Å². The van der Waals surface area contributed by atoms with E-state index in [0.29, 0.717) is 27.3 Å². The molecule has 1 aromatic carbocycles. The molecule has 1 aliphatic heterocycles. The lowest BCUT2D eigenvalue weighted by atomic mass is 10.1. The van der Waals surface area contributed by atoms with Crippen LogP contribution in [-0.4, -0.2) is 33.9 Å². The fourth-order valence-electron chi connectivity index (χ4n) is 2.93. The molecule has 1 aliphatic rings. The van der Waals surface area contributed by atoms with E-state index in [9.17, 15) is 9.59 Å². The van der Waals surface area contributed by atoms with Crippen LogP contribution in [0, 0.1) is 6.92 Å². The van der Waals surface area contributed by atoms with Crippen LogP contribution in [0.2, 0.25) is 0 Å². The number of rotatable bonds is 3. The van der Waals surface area contributed by atoms with Crippen LogP contribution in [0.25, 0.3) is 10.2 Å². The molecular formula is C18H17N3O2S. The van der Waals surface area contributed by atoms with Gasteiger partial charge in [-0.3, -0.25) is 9.59 Å². The van der Waals surface area contributed by atoms with E-state index in [2.05, 4.69) is 9.97 Å². The first kappa shape index (κ1) is 15.1. The van der Waals surface area contributed by atoms with Crippen LogP contribution in [0.5, 0.6) is 0 Å². The number of thiophene rings is 1. The van der Waals surface area contributed by atoms with Crippen molar-refractivity contribution in [3.63, 3.8) is 0 Å². The number of fused-ring (bicyclic) bond motifs is 1. The van der Waals surface area contributed by atoms with Gasteiger partial charge in [-0.2, -0.15) is 0 Å². The second kappa shape index (κ2) is 5.87. The Morgan fingerprint density at radius 2 is 2.04 bits per heavy atom. The number of carbonyl (C=O) groups excluding carboxylic acids is 1. The molecule has 6 heteroatoms. The van der Waals surface area contributed by atoms with Crippen molar-refractivity contribution in [2.24, 2.45) is 0 Å². The van der Waals surface area contributed by atoms with Gasteiger partial charge < -0.3 is 9.88 Å². The van der Waals surface area contributed by atoms with E-state index in [4.69, 9.17) is 0 Å². The summed E-state index contributed by atoms with van der Waals surface area (Å²) in [6.07, 6.45) is 1.62. The summed E-state index contributed by atoms with van der Waals surface area (Å²) in [6, 6.07) is 9.89. The maximum absolute atomic E-state index is 12.5. The molecule has 1 fully saturated rings. The van der Waals surface area contributed by atoms with Crippen molar-refractivity contribution in [3.8, 4) is 0 Å². The Hall–Kier alpha value is -2.47. The summed E-state index contributed by atoms with van der Waals surface area (Å²) in [5, 5.41) is 0.542. The summed E-state index contributed by atoms with van der Waals surface area (Å²) >= 11 is 1.33. The van der Waals surface area contributed by atoms with Crippen LogP contribution in [0.4, 0.5) is 0 Å². The minimum atomic E-state index is -0.164. The average molecular weight is 339 g/mol. The highest BCUT2D eigenvalue weighted by Crippen LogP contribution is 2.29. The molecule has 2 aromatic heterocycles. The van der Waals surface area contributed by atoms with Gasteiger partial charge in [-0.15, -0.1) is 11.3 Å². The summed E-state index contributed by atoms with van der Waals surface area (Å²) < 4.78 is 0. The quantitative estimate of drug-likeness (QED) is 0.798. The predicted octanol–water partition coefficient (Wildman–Crippen LogP) is 2.73. The number of hydrogen-bond donors (Lipinski definition) is 1. The van der Waals surface area contributed by atoms with Gasteiger partial charge in [-0.05, 0) is 24.5 Å². The predicted molar refractivity (Wildman–Crippen MR) is 94.7 cm³/mol. The first-order valence-corrected chi connectivity index (χ1v) is 8.80. The first-order chi connectivity index (χ1) is 11.6. The molecule has 0 saturated carbocycles. The van der Waals surface area contributed by atoms with Gasteiger partial charge in [0.05, 0.1) is 10.3 Å². The molecule has 1 saturated heterocycles. The zero-order valence-corrected chi connectivity index (χ0v) is 14.2. The highest BCUT2D eigenvalue weighted by atomic mass is 32.1. The third-order valence-electron chi connectivity index (χ3n) is 4.40. The number of aromatic nitrogens is 2. The molecule has 0 radical (unpaired) electrons. The lowest BCUT2D eigenvalue weighted by molar-refractivity contribution is 0.0656. The Morgan fingerprint density at radius 3 is 2.71 bits per heavy atom. The Bertz CT molecular complexity index is 971. The van der Waals surface area contributed by atoms with Crippen molar-refractivity contribution < 1.29 is 4.79 Å². The first-order valence-electron chi connectivity index (χ1n) is 7.99. The lowest BCUT2D eigenvalue weighted by Crippen LogP contribution is -2.41. The SMILES string of the molecule is Cc1c(C(=O)N2CCC2)sc2nc(Cc3ccccc3)[nH]c(=O)c12. The van der Waals surface area contributed by atoms with E-state index in [1.54, 1.807) is 0 Å². The smallest absolute Gasteiger partial charge is 0.264 e.